The maximum atomic E-state index is 13.3. The van der Waals surface area contributed by atoms with E-state index in [1.165, 1.54) is 6.92 Å². The Balaban J connectivity index is 1.70. The lowest BCUT2D eigenvalue weighted by molar-refractivity contribution is -0.140. The molecule has 4 aromatic rings. The van der Waals surface area contributed by atoms with Gasteiger partial charge in [-0.2, -0.15) is 0 Å². The van der Waals surface area contributed by atoms with Crippen molar-refractivity contribution in [3.63, 3.8) is 0 Å². The van der Waals surface area contributed by atoms with Crippen molar-refractivity contribution in [2.45, 2.75) is 39.8 Å². The highest BCUT2D eigenvalue weighted by Crippen LogP contribution is 2.39. The molecule has 1 aliphatic rings. The van der Waals surface area contributed by atoms with Crippen molar-refractivity contribution in [1.29, 1.82) is 0 Å². The van der Waals surface area contributed by atoms with E-state index in [1.807, 2.05) is 61.5 Å². The Bertz CT molecular complexity index is 1540. The van der Waals surface area contributed by atoms with E-state index in [-0.39, 0.29) is 11.9 Å². The quantitative estimate of drug-likeness (QED) is 0.152. The molecule has 0 amide bonds. The average Bonchev–Trinajstić information content (AvgIpc) is 3.34. The van der Waals surface area contributed by atoms with Gasteiger partial charge in [-0.1, -0.05) is 35.5 Å². The normalized spacial score (nSPS) is 15.9. The average molecular weight is 467 g/mol. The van der Waals surface area contributed by atoms with Crippen LogP contribution in [0, 0.1) is 6.92 Å². The minimum atomic E-state index is -0.494. The molecule has 0 N–H and O–H groups in total. The predicted molar refractivity (Wildman–Crippen MR) is 137 cm³/mol. The zero-order valence-electron chi connectivity index (χ0n) is 20.0. The van der Waals surface area contributed by atoms with Crippen LogP contribution >= 0.6 is 0 Å². The first kappa shape index (κ1) is 22.6. The fourth-order valence-electron chi connectivity index (χ4n) is 4.80. The predicted octanol–water partition coefficient (Wildman–Crippen LogP) is 5.96. The molecular formula is C29H26N2O4. The highest BCUT2D eigenvalue weighted by molar-refractivity contribution is 6.18. The molecule has 0 fully saturated rings. The number of ether oxygens (including phenoxy) is 1. The SMILES string of the molecule is C=CCC1Oc2cc3c(cc2/C1=N/OC(C)=O)c1cc(C(=O)c2ccccc2C)ccc1n3CC. The summed E-state index contributed by atoms with van der Waals surface area (Å²) in [6, 6.07) is 17.5. The number of fused-ring (bicyclic) bond motifs is 4. The summed E-state index contributed by atoms with van der Waals surface area (Å²) in [6.45, 7) is 9.92. The van der Waals surface area contributed by atoms with E-state index in [0.29, 0.717) is 29.0 Å². The van der Waals surface area contributed by atoms with Gasteiger partial charge in [0.1, 0.15) is 17.6 Å². The van der Waals surface area contributed by atoms with E-state index in [4.69, 9.17) is 9.57 Å². The van der Waals surface area contributed by atoms with Crippen LogP contribution in [0.25, 0.3) is 21.8 Å². The summed E-state index contributed by atoms with van der Waals surface area (Å²) in [4.78, 5) is 29.7. The summed E-state index contributed by atoms with van der Waals surface area (Å²) >= 11 is 0. The van der Waals surface area contributed by atoms with E-state index in [1.54, 1.807) is 6.08 Å². The Kier molecular flexibility index (Phi) is 5.73. The Hall–Kier alpha value is -4.19. The van der Waals surface area contributed by atoms with E-state index in [0.717, 1.165) is 39.5 Å². The first-order valence-corrected chi connectivity index (χ1v) is 11.7. The summed E-state index contributed by atoms with van der Waals surface area (Å²) in [5.41, 5.74) is 5.66. The molecule has 1 unspecified atom stereocenters. The fourth-order valence-corrected chi connectivity index (χ4v) is 4.80. The summed E-state index contributed by atoms with van der Waals surface area (Å²) in [5, 5.41) is 6.07. The van der Waals surface area contributed by atoms with Gasteiger partial charge in [-0.25, -0.2) is 4.79 Å². The van der Waals surface area contributed by atoms with Gasteiger partial charge in [0.2, 0.25) is 0 Å². The number of benzene rings is 3. The molecule has 6 heteroatoms. The zero-order chi connectivity index (χ0) is 24.7. The summed E-state index contributed by atoms with van der Waals surface area (Å²) in [6.07, 6.45) is 1.90. The van der Waals surface area contributed by atoms with Gasteiger partial charge in [0.05, 0.1) is 5.52 Å². The monoisotopic (exact) mass is 466 g/mol. The molecule has 5 rings (SSSR count). The molecule has 0 saturated carbocycles. The number of aryl methyl sites for hydroxylation is 2. The summed E-state index contributed by atoms with van der Waals surface area (Å²) < 4.78 is 8.38. The molecule has 2 heterocycles. The minimum absolute atomic E-state index is 0.00458. The first-order valence-electron chi connectivity index (χ1n) is 11.7. The lowest BCUT2D eigenvalue weighted by atomic mass is 9.97. The Morgan fingerprint density at radius 1 is 1.11 bits per heavy atom. The van der Waals surface area contributed by atoms with Gasteiger partial charge in [0, 0.05) is 58.9 Å². The van der Waals surface area contributed by atoms with Crippen LogP contribution < -0.4 is 4.74 Å². The molecule has 0 radical (unpaired) electrons. The molecule has 6 nitrogen and oxygen atoms in total. The number of nitrogens with zero attached hydrogens (tertiary/aromatic N) is 2. The minimum Gasteiger partial charge on any atom is -0.483 e. The van der Waals surface area contributed by atoms with Crippen molar-refractivity contribution in [3.05, 3.63) is 89.5 Å². The molecule has 0 spiro atoms. The highest BCUT2D eigenvalue weighted by atomic mass is 16.7. The maximum absolute atomic E-state index is 13.3. The van der Waals surface area contributed by atoms with Crippen LogP contribution in [0.4, 0.5) is 0 Å². The van der Waals surface area contributed by atoms with Gasteiger partial charge in [0.25, 0.3) is 0 Å². The molecule has 1 aromatic heterocycles. The van der Waals surface area contributed by atoms with Crippen LogP contribution in [0.1, 0.15) is 47.3 Å². The fraction of sp³-hybridized carbons (Fsp3) is 0.207. The van der Waals surface area contributed by atoms with Crippen molar-refractivity contribution < 1.29 is 19.2 Å². The molecule has 0 saturated heterocycles. The van der Waals surface area contributed by atoms with E-state index >= 15 is 0 Å². The molecule has 35 heavy (non-hydrogen) atoms. The highest BCUT2D eigenvalue weighted by Gasteiger charge is 2.32. The summed E-state index contributed by atoms with van der Waals surface area (Å²) in [5.74, 6) is 0.186. The molecule has 1 aliphatic heterocycles. The molecule has 1 atom stereocenters. The topological polar surface area (TPSA) is 69.9 Å². The third-order valence-electron chi connectivity index (χ3n) is 6.44. The Morgan fingerprint density at radius 2 is 1.89 bits per heavy atom. The summed E-state index contributed by atoms with van der Waals surface area (Å²) in [7, 11) is 0. The molecular weight excluding hydrogens is 440 g/mol. The first-order chi connectivity index (χ1) is 16.9. The van der Waals surface area contributed by atoms with Crippen molar-refractivity contribution in [3.8, 4) is 5.75 Å². The number of ketones is 1. The van der Waals surface area contributed by atoms with Crippen molar-refractivity contribution in [2.24, 2.45) is 5.16 Å². The van der Waals surface area contributed by atoms with E-state index < -0.39 is 5.97 Å². The van der Waals surface area contributed by atoms with E-state index in [2.05, 4.69) is 23.2 Å². The molecule has 176 valence electrons. The Morgan fingerprint density at radius 3 is 2.60 bits per heavy atom. The molecule has 3 aromatic carbocycles. The lowest BCUT2D eigenvalue weighted by Crippen LogP contribution is -2.21. The van der Waals surface area contributed by atoms with Gasteiger partial charge in [-0.15, -0.1) is 6.58 Å². The largest absolute Gasteiger partial charge is 0.483 e. The van der Waals surface area contributed by atoms with Crippen LogP contribution in [-0.2, 0) is 16.2 Å². The molecule has 0 aliphatic carbocycles. The van der Waals surface area contributed by atoms with Crippen molar-refractivity contribution in [2.75, 3.05) is 0 Å². The number of hydrogen-bond acceptors (Lipinski definition) is 5. The van der Waals surface area contributed by atoms with Crippen LogP contribution in [-0.4, -0.2) is 28.1 Å². The lowest BCUT2D eigenvalue weighted by Gasteiger charge is -2.08. The third kappa shape index (κ3) is 3.81. The number of carbonyl (C=O) groups excluding carboxylic acids is 2. The maximum Gasteiger partial charge on any atom is 0.331 e. The third-order valence-corrected chi connectivity index (χ3v) is 6.44. The van der Waals surface area contributed by atoms with Gasteiger partial charge in [-0.3, -0.25) is 4.79 Å². The van der Waals surface area contributed by atoms with Gasteiger partial charge in [-0.05, 0) is 43.7 Å². The van der Waals surface area contributed by atoms with Crippen LogP contribution in [0.5, 0.6) is 5.75 Å². The molecule has 0 bridgehead atoms. The van der Waals surface area contributed by atoms with Gasteiger partial charge >= 0.3 is 5.97 Å². The van der Waals surface area contributed by atoms with Gasteiger partial charge < -0.3 is 14.1 Å². The number of hydrogen-bond donors (Lipinski definition) is 0. The zero-order valence-corrected chi connectivity index (χ0v) is 20.0. The van der Waals surface area contributed by atoms with Crippen LogP contribution in [0.2, 0.25) is 0 Å². The second kappa shape index (κ2) is 8.87. The van der Waals surface area contributed by atoms with Crippen LogP contribution in [0.15, 0.2) is 72.4 Å². The van der Waals surface area contributed by atoms with E-state index in [9.17, 15) is 9.59 Å². The van der Waals surface area contributed by atoms with Crippen molar-refractivity contribution >= 4 is 39.3 Å². The van der Waals surface area contributed by atoms with Gasteiger partial charge in [0.15, 0.2) is 5.78 Å². The second-order valence-corrected chi connectivity index (χ2v) is 8.68. The standard InChI is InChI=1S/C29H26N2O4/c1-5-9-26-28(30-35-18(4)32)23-15-22-21-14-19(29(33)20-11-8-7-10-17(20)3)12-13-24(21)31(6-2)25(22)16-27(23)34-26/h5,7-8,10-16,26H,1,6,9H2,2-4H3/b30-28-. The Labute approximate surface area is 203 Å². The number of carbonyl (C=O) groups is 2. The smallest absolute Gasteiger partial charge is 0.331 e. The number of aromatic nitrogens is 1. The number of rotatable bonds is 6. The number of oxime groups is 1. The van der Waals surface area contributed by atoms with Crippen molar-refractivity contribution in [1.82, 2.24) is 4.57 Å². The van der Waals surface area contributed by atoms with Crippen LogP contribution in [0.3, 0.4) is 0 Å². The second-order valence-electron chi connectivity index (χ2n) is 8.68.